The molecule has 3 heterocycles. The maximum Gasteiger partial charge on any atom is 0.327 e. The summed E-state index contributed by atoms with van der Waals surface area (Å²) >= 11 is 0. The smallest absolute Gasteiger partial charge is 0.327 e. The molecule has 0 radical (unpaired) electrons. The van der Waals surface area contributed by atoms with Crippen LogP contribution < -0.4 is 9.64 Å². The largest absolute Gasteiger partial charge is 0.508 e. The van der Waals surface area contributed by atoms with Crippen LogP contribution in [-0.4, -0.2) is 115 Å². The van der Waals surface area contributed by atoms with E-state index in [0.717, 1.165) is 24.2 Å². The number of ether oxygens (including phenoxy) is 2. The molecule has 4 aliphatic rings. The highest BCUT2D eigenvalue weighted by molar-refractivity contribution is 6.32. The Labute approximate surface area is 322 Å². The first-order valence-electron chi connectivity index (χ1n) is 18.6. The zero-order chi connectivity index (χ0) is 39.7. The summed E-state index contributed by atoms with van der Waals surface area (Å²) in [6.45, 7) is -0.407. The molecule has 0 aromatic heterocycles. The van der Waals surface area contributed by atoms with Crippen LogP contribution in [-0.2, 0) is 26.2 Å². The number of aliphatic hydroxyl groups is 4. The summed E-state index contributed by atoms with van der Waals surface area (Å²) < 4.78 is 11.3. The Morgan fingerprint density at radius 3 is 2.39 bits per heavy atom. The van der Waals surface area contributed by atoms with Gasteiger partial charge in [-0.15, -0.1) is 0 Å². The van der Waals surface area contributed by atoms with Gasteiger partial charge < -0.3 is 50.3 Å². The number of phenols is 3. The summed E-state index contributed by atoms with van der Waals surface area (Å²) in [4.78, 5) is 37.2. The van der Waals surface area contributed by atoms with Crippen molar-refractivity contribution >= 4 is 35.6 Å². The summed E-state index contributed by atoms with van der Waals surface area (Å²) in [7, 11) is 0. The van der Waals surface area contributed by atoms with Gasteiger partial charge in [0.15, 0.2) is 11.5 Å². The minimum absolute atomic E-state index is 0.0339. The van der Waals surface area contributed by atoms with Crippen molar-refractivity contribution < 1.29 is 59.9 Å². The SMILES string of the molecule is O=C(O)C1C(CC2(c3ccccc3O)CCCCC2)c2cc(O)c(OC3OC(CO)C(O)C(O)C3O)cc2N1C(=O)C=Cc1ccc(O)c(CC2=NCN=C2)c1. The second kappa shape index (κ2) is 16.0. The van der Waals surface area contributed by atoms with Crippen LogP contribution in [0.3, 0.4) is 0 Å². The third-order valence-corrected chi connectivity index (χ3v) is 11.4. The fourth-order valence-corrected chi connectivity index (χ4v) is 8.59. The maximum atomic E-state index is 14.4. The second-order valence-corrected chi connectivity index (χ2v) is 14.9. The summed E-state index contributed by atoms with van der Waals surface area (Å²) in [6, 6.07) is 12.9. The molecule has 3 aliphatic heterocycles. The van der Waals surface area contributed by atoms with Crippen molar-refractivity contribution in [2.45, 2.75) is 93.0 Å². The number of aliphatic hydroxyl groups excluding tert-OH is 4. The van der Waals surface area contributed by atoms with Crippen LogP contribution >= 0.6 is 0 Å². The van der Waals surface area contributed by atoms with Gasteiger partial charge in [0.05, 0.1) is 18.0 Å². The lowest BCUT2D eigenvalue weighted by Gasteiger charge is -2.41. The zero-order valence-corrected chi connectivity index (χ0v) is 30.4. The van der Waals surface area contributed by atoms with Crippen LogP contribution in [0, 0.1) is 0 Å². The Morgan fingerprint density at radius 2 is 1.70 bits per heavy atom. The number of nitrogens with zero attached hydrogens (tertiary/aromatic N) is 3. The molecule has 2 fully saturated rings. The molecular formula is C41H45N3O12. The van der Waals surface area contributed by atoms with Gasteiger partial charge >= 0.3 is 5.97 Å². The number of carbonyl (C=O) groups excluding carboxylic acids is 1. The van der Waals surface area contributed by atoms with Crippen LogP contribution in [0.25, 0.3) is 6.08 Å². The number of rotatable bonds is 11. The van der Waals surface area contributed by atoms with Crippen LogP contribution in [0.15, 0.2) is 70.7 Å². The van der Waals surface area contributed by atoms with Crippen LogP contribution in [0.1, 0.15) is 66.7 Å². The second-order valence-electron chi connectivity index (χ2n) is 14.9. The first kappa shape index (κ1) is 38.9. The van der Waals surface area contributed by atoms with Crippen molar-refractivity contribution in [3.63, 3.8) is 0 Å². The van der Waals surface area contributed by atoms with E-state index < -0.39 is 72.3 Å². The van der Waals surface area contributed by atoms with Gasteiger partial charge in [0.2, 0.25) is 6.29 Å². The molecule has 15 heteroatoms. The van der Waals surface area contributed by atoms with Gasteiger partial charge in [0.25, 0.3) is 5.91 Å². The number of para-hydroxylation sites is 1. The standard InChI is InChI=1S/C41H45N3O12/c45-20-33-36(50)37(51)38(52)40(56-33)55-32-17-28-25(16-31(32)48)26(18-41(12-4-1-5-13-41)27-6-2-3-7-30(27)47)35(39(53)54)44(28)34(49)11-9-22-8-10-29(46)23(14-22)15-24-19-42-21-43-24/h2-3,6-11,14,16-17,19,26,33,35-38,40,45-48,50-52H,1,4-5,12-13,15,18,20-21H2,(H,53,54). The Morgan fingerprint density at radius 1 is 0.929 bits per heavy atom. The molecule has 0 spiro atoms. The molecule has 296 valence electrons. The number of hydrogen-bond acceptors (Lipinski definition) is 13. The Bertz CT molecular complexity index is 2060. The van der Waals surface area contributed by atoms with Gasteiger partial charge in [0.1, 0.15) is 48.6 Å². The number of aromatic hydroxyl groups is 3. The first-order chi connectivity index (χ1) is 26.9. The van der Waals surface area contributed by atoms with E-state index >= 15 is 0 Å². The number of carboxylic acid groups (broad SMARTS) is 1. The Hall–Kier alpha value is -5.32. The molecule has 56 heavy (non-hydrogen) atoms. The molecule has 7 unspecified atom stereocenters. The number of phenolic OH excluding ortho intramolecular Hbond substituents is 3. The van der Waals surface area contributed by atoms with E-state index in [-0.39, 0.29) is 29.4 Å². The number of amides is 1. The topological polar surface area (TPSA) is 242 Å². The molecule has 1 aliphatic carbocycles. The lowest BCUT2D eigenvalue weighted by Crippen LogP contribution is -2.60. The number of fused-ring (bicyclic) bond motifs is 1. The number of carboxylic acids is 1. The monoisotopic (exact) mass is 771 g/mol. The Balaban J connectivity index is 1.29. The third kappa shape index (κ3) is 7.47. The van der Waals surface area contributed by atoms with Gasteiger partial charge in [-0.3, -0.25) is 19.7 Å². The van der Waals surface area contributed by atoms with E-state index in [0.29, 0.717) is 53.9 Å². The fourth-order valence-electron chi connectivity index (χ4n) is 8.59. The number of benzene rings is 3. The van der Waals surface area contributed by atoms with Crippen molar-refractivity contribution in [2.75, 3.05) is 18.2 Å². The minimum atomic E-state index is -1.81. The highest BCUT2D eigenvalue weighted by atomic mass is 16.7. The van der Waals surface area contributed by atoms with Gasteiger partial charge in [-0.1, -0.05) is 43.5 Å². The van der Waals surface area contributed by atoms with E-state index in [1.165, 1.54) is 30.4 Å². The molecule has 3 aromatic rings. The average Bonchev–Trinajstić information content (AvgIpc) is 3.81. The molecule has 1 saturated heterocycles. The van der Waals surface area contributed by atoms with E-state index in [2.05, 4.69) is 9.98 Å². The predicted molar refractivity (Wildman–Crippen MR) is 203 cm³/mol. The van der Waals surface area contributed by atoms with Crippen LogP contribution in [0.4, 0.5) is 5.69 Å². The molecule has 8 N–H and O–H groups in total. The van der Waals surface area contributed by atoms with Gasteiger partial charge in [-0.05, 0) is 66.1 Å². The number of carbonyl (C=O) groups is 2. The van der Waals surface area contributed by atoms with Crippen molar-refractivity contribution in [3.8, 4) is 23.0 Å². The first-order valence-corrected chi connectivity index (χ1v) is 18.6. The normalized spacial score (nSPS) is 27.0. The van der Waals surface area contributed by atoms with Gasteiger partial charge in [0, 0.05) is 41.8 Å². The molecule has 7 atom stereocenters. The van der Waals surface area contributed by atoms with Crippen molar-refractivity contribution in [1.29, 1.82) is 0 Å². The fraction of sp³-hybridized carbons (Fsp3) is 0.415. The minimum Gasteiger partial charge on any atom is -0.508 e. The summed E-state index contributed by atoms with van der Waals surface area (Å²) in [6.07, 6.45) is 0.591. The number of aliphatic carboxylic acids is 1. The van der Waals surface area contributed by atoms with Gasteiger partial charge in [-0.2, -0.15) is 0 Å². The van der Waals surface area contributed by atoms with Gasteiger partial charge in [-0.25, -0.2) is 4.79 Å². The quantitative estimate of drug-likeness (QED) is 0.131. The molecule has 1 saturated carbocycles. The van der Waals surface area contributed by atoms with Crippen LogP contribution in [0.5, 0.6) is 23.0 Å². The van der Waals surface area contributed by atoms with E-state index in [9.17, 15) is 50.4 Å². The zero-order valence-electron chi connectivity index (χ0n) is 30.4. The van der Waals surface area contributed by atoms with Crippen molar-refractivity contribution in [3.05, 3.63) is 82.9 Å². The molecule has 15 nitrogen and oxygen atoms in total. The number of anilines is 1. The Kier molecular flexibility index (Phi) is 11.2. The third-order valence-electron chi connectivity index (χ3n) is 11.4. The number of hydrogen-bond donors (Lipinski definition) is 8. The molecule has 7 rings (SSSR count). The van der Waals surface area contributed by atoms with E-state index in [1.807, 2.05) is 12.1 Å². The molecule has 1 amide bonds. The van der Waals surface area contributed by atoms with Crippen molar-refractivity contribution in [2.24, 2.45) is 9.98 Å². The predicted octanol–water partition coefficient (Wildman–Crippen LogP) is 2.90. The lowest BCUT2D eigenvalue weighted by molar-refractivity contribution is -0.277. The molecule has 3 aromatic carbocycles. The van der Waals surface area contributed by atoms with E-state index in [1.54, 1.807) is 30.5 Å². The number of aliphatic imine (C=N–C) groups is 2. The summed E-state index contributed by atoms with van der Waals surface area (Å²) in [5.74, 6) is -3.58. The summed E-state index contributed by atoms with van der Waals surface area (Å²) in [5, 5.41) is 84.8. The van der Waals surface area contributed by atoms with E-state index in [4.69, 9.17) is 9.47 Å². The average molecular weight is 772 g/mol. The summed E-state index contributed by atoms with van der Waals surface area (Å²) in [5.41, 5.74) is 2.24. The highest BCUT2D eigenvalue weighted by Crippen LogP contribution is 2.55. The highest BCUT2D eigenvalue weighted by Gasteiger charge is 2.51. The van der Waals surface area contributed by atoms with Crippen molar-refractivity contribution in [1.82, 2.24) is 0 Å². The van der Waals surface area contributed by atoms with Crippen LogP contribution in [0.2, 0.25) is 0 Å². The molecular weight excluding hydrogens is 726 g/mol. The lowest BCUT2D eigenvalue weighted by atomic mass is 9.63. The molecule has 0 bridgehead atoms. The maximum absolute atomic E-state index is 14.4.